The predicted octanol–water partition coefficient (Wildman–Crippen LogP) is 2.08. The van der Waals surface area contributed by atoms with Crippen molar-refractivity contribution >= 4 is 0 Å². The van der Waals surface area contributed by atoms with Crippen molar-refractivity contribution in [2.24, 2.45) is 0 Å². The van der Waals surface area contributed by atoms with Crippen molar-refractivity contribution in [3.63, 3.8) is 0 Å². The Labute approximate surface area is 109 Å². The molecule has 0 aromatic heterocycles. The Kier molecular flexibility index (Phi) is 5.44. The van der Waals surface area contributed by atoms with E-state index in [2.05, 4.69) is 18.7 Å². The monoisotopic (exact) mass is 253 g/mol. The van der Waals surface area contributed by atoms with Crippen LogP contribution in [-0.4, -0.2) is 43.9 Å². The Morgan fingerprint density at radius 3 is 2.39 bits per heavy atom. The quantitative estimate of drug-likeness (QED) is 0.843. The summed E-state index contributed by atoms with van der Waals surface area (Å²) in [6.07, 6.45) is -0.571. The number of likely N-dealkylation sites (N-methyl/N-ethyl adjacent to an activating group) is 1. The SMILES string of the molecule is COc1ccc(C(O)CN(C)C(C)C)c(OC)c1. The maximum absolute atomic E-state index is 10.3. The molecule has 0 amide bonds. The van der Waals surface area contributed by atoms with E-state index in [-0.39, 0.29) is 0 Å². The zero-order valence-corrected chi connectivity index (χ0v) is 11.8. The molecular weight excluding hydrogens is 230 g/mol. The molecule has 0 aliphatic carbocycles. The van der Waals surface area contributed by atoms with E-state index >= 15 is 0 Å². The number of aliphatic hydroxyl groups is 1. The summed E-state index contributed by atoms with van der Waals surface area (Å²) in [5.41, 5.74) is 0.783. The van der Waals surface area contributed by atoms with Gasteiger partial charge in [0.15, 0.2) is 0 Å². The Morgan fingerprint density at radius 1 is 1.22 bits per heavy atom. The van der Waals surface area contributed by atoms with Crippen LogP contribution in [0.15, 0.2) is 18.2 Å². The Morgan fingerprint density at radius 2 is 1.89 bits per heavy atom. The zero-order valence-electron chi connectivity index (χ0n) is 11.8. The molecule has 1 atom stereocenters. The average Bonchev–Trinajstić information content (AvgIpc) is 2.37. The van der Waals surface area contributed by atoms with E-state index < -0.39 is 6.10 Å². The van der Waals surface area contributed by atoms with Gasteiger partial charge in [-0.2, -0.15) is 0 Å². The molecular formula is C14H23NO3. The van der Waals surface area contributed by atoms with Gasteiger partial charge in [-0.05, 0) is 33.0 Å². The summed E-state index contributed by atoms with van der Waals surface area (Å²) in [4.78, 5) is 2.09. The summed E-state index contributed by atoms with van der Waals surface area (Å²) in [6.45, 7) is 4.76. The minimum Gasteiger partial charge on any atom is -0.497 e. The van der Waals surface area contributed by atoms with Crippen molar-refractivity contribution in [2.75, 3.05) is 27.8 Å². The van der Waals surface area contributed by atoms with E-state index in [9.17, 15) is 5.11 Å². The van der Waals surface area contributed by atoms with Gasteiger partial charge in [-0.3, -0.25) is 0 Å². The molecule has 0 fully saturated rings. The first kappa shape index (κ1) is 14.8. The maximum Gasteiger partial charge on any atom is 0.128 e. The lowest BCUT2D eigenvalue weighted by Gasteiger charge is -2.25. The van der Waals surface area contributed by atoms with Gasteiger partial charge in [0.05, 0.1) is 20.3 Å². The van der Waals surface area contributed by atoms with Gasteiger partial charge in [0.25, 0.3) is 0 Å². The van der Waals surface area contributed by atoms with Crippen LogP contribution in [0.2, 0.25) is 0 Å². The number of hydrogen-bond donors (Lipinski definition) is 1. The molecule has 1 aromatic carbocycles. The van der Waals surface area contributed by atoms with Crippen LogP contribution in [0.5, 0.6) is 11.5 Å². The first-order valence-corrected chi connectivity index (χ1v) is 6.09. The van der Waals surface area contributed by atoms with Crippen molar-refractivity contribution in [1.29, 1.82) is 0 Å². The van der Waals surface area contributed by atoms with Crippen LogP contribution >= 0.6 is 0 Å². The number of aliphatic hydroxyl groups excluding tert-OH is 1. The predicted molar refractivity (Wildman–Crippen MR) is 72.3 cm³/mol. The Bertz CT molecular complexity index is 379. The third-order valence-electron chi connectivity index (χ3n) is 3.14. The van der Waals surface area contributed by atoms with E-state index in [0.717, 1.165) is 11.3 Å². The molecule has 1 aromatic rings. The van der Waals surface area contributed by atoms with E-state index in [1.54, 1.807) is 20.3 Å². The molecule has 0 bridgehead atoms. The van der Waals surface area contributed by atoms with Crippen LogP contribution in [-0.2, 0) is 0 Å². The molecule has 4 nitrogen and oxygen atoms in total. The van der Waals surface area contributed by atoms with Crippen molar-refractivity contribution < 1.29 is 14.6 Å². The number of hydrogen-bond acceptors (Lipinski definition) is 4. The van der Waals surface area contributed by atoms with Crippen LogP contribution in [0, 0.1) is 0 Å². The van der Waals surface area contributed by atoms with Crippen LogP contribution in [0.4, 0.5) is 0 Å². The number of methoxy groups -OCH3 is 2. The highest BCUT2D eigenvalue weighted by atomic mass is 16.5. The molecule has 0 saturated heterocycles. The molecule has 0 radical (unpaired) electrons. The first-order chi connectivity index (χ1) is 8.49. The van der Waals surface area contributed by atoms with Gasteiger partial charge >= 0.3 is 0 Å². The van der Waals surface area contributed by atoms with Crippen LogP contribution in [0.3, 0.4) is 0 Å². The summed E-state index contributed by atoms with van der Waals surface area (Å²) in [5.74, 6) is 1.37. The molecule has 0 heterocycles. The van der Waals surface area contributed by atoms with Gasteiger partial charge in [0.1, 0.15) is 11.5 Å². The highest BCUT2D eigenvalue weighted by molar-refractivity contribution is 5.42. The van der Waals surface area contributed by atoms with Gasteiger partial charge in [-0.25, -0.2) is 0 Å². The molecule has 102 valence electrons. The van der Waals surface area contributed by atoms with E-state index in [1.807, 2.05) is 19.2 Å². The van der Waals surface area contributed by atoms with Crippen LogP contribution < -0.4 is 9.47 Å². The second kappa shape index (κ2) is 6.61. The first-order valence-electron chi connectivity index (χ1n) is 6.09. The third-order valence-corrected chi connectivity index (χ3v) is 3.14. The normalized spacial score (nSPS) is 12.9. The summed E-state index contributed by atoms with van der Waals surface area (Å²) >= 11 is 0. The van der Waals surface area contributed by atoms with Crippen molar-refractivity contribution in [3.05, 3.63) is 23.8 Å². The molecule has 0 saturated carbocycles. The smallest absolute Gasteiger partial charge is 0.128 e. The molecule has 1 rings (SSSR count). The summed E-state index contributed by atoms with van der Waals surface area (Å²) < 4.78 is 10.4. The highest BCUT2D eigenvalue weighted by Crippen LogP contribution is 2.29. The lowest BCUT2D eigenvalue weighted by Crippen LogP contribution is -2.30. The zero-order chi connectivity index (χ0) is 13.7. The molecule has 18 heavy (non-hydrogen) atoms. The van der Waals surface area contributed by atoms with Crippen LogP contribution in [0.1, 0.15) is 25.5 Å². The van der Waals surface area contributed by atoms with E-state index in [1.165, 1.54) is 0 Å². The molecule has 1 N–H and O–H groups in total. The summed E-state index contributed by atoms with van der Waals surface area (Å²) in [6, 6.07) is 5.85. The largest absolute Gasteiger partial charge is 0.497 e. The minimum atomic E-state index is -0.571. The maximum atomic E-state index is 10.3. The molecule has 4 heteroatoms. The van der Waals surface area contributed by atoms with Gasteiger partial charge in [-0.15, -0.1) is 0 Å². The number of rotatable bonds is 6. The topological polar surface area (TPSA) is 41.9 Å². The van der Waals surface area contributed by atoms with E-state index in [4.69, 9.17) is 9.47 Å². The number of benzene rings is 1. The second-order valence-corrected chi connectivity index (χ2v) is 4.66. The number of ether oxygens (including phenoxy) is 2. The van der Waals surface area contributed by atoms with Gasteiger partial charge in [0, 0.05) is 24.2 Å². The molecule has 1 unspecified atom stereocenters. The summed E-state index contributed by atoms with van der Waals surface area (Å²) in [7, 11) is 5.19. The molecule has 0 aliphatic heterocycles. The fraction of sp³-hybridized carbons (Fsp3) is 0.571. The summed E-state index contributed by atoms with van der Waals surface area (Å²) in [5, 5.41) is 10.3. The van der Waals surface area contributed by atoms with Crippen molar-refractivity contribution in [2.45, 2.75) is 26.0 Å². The van der Waals surface area contributed by atoms with Crippen LogP contribution in [0.25, 0.3) is 0 Å². The Balaban J connectivity index is 2.87. The fourth-order valence-corrected chi connectivity index (χ4v) is 1.68. The fourth-order valence-electron chi connectivity index (χ4n) is 1.68. The second-order valence-electron chi connectivity index (χ2n) is 4.66. The minimum absolute atomic E-state index is 0.392. The van der Waals surface area contributed by atoms with E-state index in [0.29, 0.717) is 18.3 Å². The van der Waals surface area contributed by atoms with Crippen molar-refractivity contribution in [3.8, 4) is 11.5 Å². The lowest BCUT2D eigenvalue weighted by molar-refractivity contribution is 0.110. The Hall–Kier alpha value is -1.26. The number of nitrogens with zero attached hydrogens (tertiary/aromatic N) is 1. The molecule has 0 spiro atoms. The van der Waals surface area contributed by atoms with Gasteiger partial charge < -0.3 is 19.5 Å². The lowest BCUT2D eigenvalue weighted by atomic mass is 10.1. The van der Waals surface area contributed by atoms with Crippen molar-refractivity contribution in [1.82, 2.24) is 4.90 Å². The average molecular weight is 253 g/mol. The molecule has 0 aliphatic rings. The highest BCUT2D eigenvalue weighted by Gasteiger charge is 2.17. The van der Waals surface area contributed by atoms with Gasteiger partial charge in [-0.1, -0.05) is 0 Å². The standard InChI is InChI=1S/C14H23NO3/c1-10(2)15(3)9-13(16)12-7-6-11(17-4)8-14(12)18-5/h6-8,10,13,16H,9H2,1-5H3. The van der Waals surface area contributed by atoms with Gasteiger partial charge in [0.2, 0.25) is 0 Å². The third kappa shape index (κ3) is 3.62.